The van der Waals surface area contributed by atoms with Crippen LogP contribution in [0.1, 0.15) is 5.56 Å². The van der Waals surface area contributed by atoms with Gasteiger partial charge in [-0.15, -0.1) is 0 Å². The van der Waals surface area contributed by atoms with Gasteiger partial charge < -0.3 is 0 Å². The van der Waals surface area contributed by atoms with E-state index in [-0.39, 0.29) is 6.42 Å². The van der Waals surface area contributed by atoms with E-state index in [1.165, 1.54) is 14.1 Å². The van der Waals surface area contributed by atoms with Gasteiger partial charge in [0, 0.05) is 30.9 Å². The fourth-order valence-electron chi connectivity index (χ4n) is 3.50. The van der Waals surface area contributed by atoms with E-state index in [0.29, 0.717) is 10.7 Å². The number of aromatic nitrogens is 2. The molecule has 1 aliphatic rings. The second kappa shape index (κ2) is 7.76. The molecule has 0 radical (unpaired) electrons. The second-order valence-electron chi connectivity index (χ2n) is 7.12. The maximum atomic E-state index is 12.7. The highest BCUT2D eigenvalue weighted by Crippen LogP contribution is 2.29. The van der Waals surface area contributed by atoms with Gasteiger partial charge in [-0.25, -0.2) is 9.48 Å². The Morgan fingerprint density at radius 1 is 0.900 bits per heavy atom. The van der Waals surface area contributed by atoms with Crippen molar-refractivity contribution in [2.24, 2.45) is 5.92 Å². The summed E-state index contributed by atoms with van der Waals surface area (Å²) < 4.78 is 1.72. The third-order valence-corrected chi connectivity index (χ3v) is 5.44. The van der Waals surface area contributed by atoms with Gasteiger partial charge in [-0.3, -0.25) is 19.4 Å². The number of imide groups is 2. The van der Waals surface area contributed by atoms with Crippen LogP contribution in [0.5, 0.6) is 0 Å². The lowest BCUT2D eigenvalue weighted by molar-refractivity contribution is -0.147. The normalized spacial score (nSPS) is 15.2. The van der Waals surface area contributed by atoms with Gasteiger partial charge in [0.1, 0.15) is 5.92 Å². The Kier molecular flexibility index (Phi) is 5.13. The minimum atomic E-state index is -0.989. The van der Waals surface area contributed by atoms with Gasteiger partial charge in [-0.2, -0.15) is 5.10 Å². The number of hydrogen-bond donors (Lipinski definition) is 0. The van der Waals surface area contributed by atoms with E-state index in [1.54, 1.807) is 16.8 Å². The minimum absolute atomic E-state index is 0.129. The van der Waals surface area contributed by atoms with Crippen LogP contribution in [0.15, 0.2) is 60.8 Å². The lowest BCUT2D eigenvalue weighted by Crippen LogP contribution is -2.57. The van der Waals surface area contributed by atoms with E-state index in [4.69, 9.17) is 16.7 Å². The van der Waals surface area contributed by atoms with Crippen LogP contribution < -0.4 is 0 Å². The van der Waals surface area contributed by atoms with E-state index in [2.05, 4.69) is 0 Å². The van der Waals surface area contributed by atoms with Crippen LogP contribution in [0.4, 0.5) is 4.79 Å². The van der Waals surface area contributed by atoms with Gasteiger partial charge in [0.15, 0.2) is 0 Å². The summed E-state index contributed by atoms with van der Waals surface area (Å²) in [6.07, 6.45) is 1.95. The highest BCUT2D eigenvalue weighted by atomic mass is 35.5. The zero-order valence-electron chi connectivity index (χ0n) is 16.4. The van der Waals surface area contributed by atoms with E-state index in [1.807, 2.05) is 48.7 Å². The maximum Gasteiger partial charge on any atom is 0.332 e. The summed E-state index contributed by atoms with van der Waals surface area (Å²) in [4.78, 5) is 39.4. The highest BCUT2D eigenvalue weighted by molar-refractivity contribution is 6.30. The zero-order valence-corrected chi connectivity index (χ0v) is 17.2. The average molecular weight is 423 g/mol. The number of amides is 4. The molecule has 0 atom stereocenters. The molecule has 4 amide bonds. The predicted octanol–water partition coefficient (Wildman–Crippen LogP) is 3.40. The number of rotatable bonds is 4. The average Bonchev–Trinajstić information content (AvgIpc) is 3.19. The summed E-state index contributed by atoms with van der Waals surface area (Å²) in [7, 11) is 2.77. The molecule has 8 heteroatoms. The molecular weight excluding hydrogens is 404 g/mol. The van der Waals surface area contributed by atoms with Gasteiger partial charge in [0.25, 0.3) is 0 Å². The molecule has 152 valence electrons. The van der Waals surface area contributed by atoms with E-state index in [0.717, 1.165) is 26.6 Å². The molecule has 30 heavy (non-hydrogen) atoms. The van der Waals surface area contributed by atoms with Crippen molar-refractivity contribution in [3.63, 3.8) is 0 Å². The lowest BCUT2D eigenvalue weighted by Gasteiger charge is -2.32. The molecule has 4 rings (SSSR count). The summed E-state index contributed by atoms with van der Waals surface area (Å²) in [6, 6.07) is 16.1. The number of barbiturate groups is 1. The number of benzene rings is 2. The van der Waals surface area contributed by atoms with Gasteiger partial charge in [-0.05, 0) is 36.2 Å². The monoisotopic (exact) mass is 422 g/mol. The fourth-order valence-corrected chi connectivity index (χ4v) is 3.63. The molecule has 7 nitrogen and oxygen atoms in total. The number of halogens is 1. The molecule has 1 aromatic heterocycles. The second-order valence-corrected chi connectivity index (χ2v) is 7.56. The molecule has 3 aromatic rings. The number of urea groups is 1. The van der Waals surface area contributed by atoms with Crippen molar-refractivity contribution in [3.8, 4) is 16.9 Å². The first-order valence-corrected chi connectivity index (χ1v) is 9.73. The van der Waals surface area contributed by atoms with Crippen molar-refractivity contribution in [1.82, 2.24) is 19.6 Å². The number of para-hydroxylation sites is 1. The minimum Gasteiger partial charge on any atom is -0.273 e. The van der Waals surface area contributed by atoms with Crippen molar-refractivity contribution in [3.05, 3.63) is 71.4 Å². The smallest absolute Gasteiger partial charge is 0.273 e. The Hall–Kier alpha value is -3.45. The molecule has 0 spiro atoms. The summed E-state index contributed by atoms with van der Waals surface area (Å²) in [5.74, 6) is -2.02. The van der Waals surface area contributed by atoms with Crippen LogP contribution in [-0.2, 0) is 16.0 Å². The van der Waals surface area contributed by atoms with Crippen LogP contribution in [0.25, 0.3) is 16.9 Å². The largest absolute Gasteiger partial charge is 0.332 e. The van der Waals surface area contributed by atoms with Gasteiger partial charge in [0.2, 0.25) is 11.8 Å². The number of nitrogens with zero attached hydrogens (tertiary/aromatic N) is 4. The topological polar surface area (TPSA) is 75.5 Å². The summed E-state index contributed by atoms with van der Waals surface area (Å²) >= 11 is 6.02. The SMILES string of the molecule is CN1C(=O)C(Cc2cn(-c3ccccc3)nc2-c2ccc(Cl)cc2)C(=O)N(C)C1=O. The third-order valence-electron chi connectivity index (χ3n) is 5.18. The van der Waals surface area contributed by atoms with Gasteiger partial charge in [0.05, 0.1) is 11.4 Å². The van der Waals surface area contributed by atoms with E-state index < -0.39 is 23.8 Å². The molecule has 2 heterocycles. The first-order valence-electron chi connectivity index (χ1n) is 9.36. The Morgan fingerprint density at radius 3 is 2.10 bits per heavy atom. The fraction of sp³-hybridized carbons (Fsp3) is 0.182. The molecule has 0 aliphatic carbocycles. The molecule has 0 unspecified atom stereocenters. The van der Waals surface area contributed by atoms with E-state index >= 15 is 0 Å². The van der Waals surface area contributed by atoms with Crippen molar-refractivity contribution in [2.75, 3.05) is 14.1 Å². The van der Waals surface area contributed by atoms with Crippen LogP contribution in [0.2, 0.25) is 5.02 Å². The van der Waals surface area contributed by atoms with Crippen molar-refractivity contribution in [2.45, 2.75) is 6.42 Å². The molecule has 0 N–H and O–H groups in total. The first-order chi connectivity index (χ1) is 14.4. The Labute approximate surface area is 178 Å². The lowest BCUT2D eigenvalue weighted by atomic mass is 9.94. The number of hydrogen-bond acceptors (Lipinski definition) is 4. The van der Waals surface area contributed by atoms with Gasteiger partial charge in [-0.1, -0.05) is 41.9 Å². The van der Waals surface area contributed by atoms with Gasteiger partial charge >= 0.3 is 6.03 Å². The quantitative estimate of drug-likeness (QED) is 0.604. The van der Waals surface area contributed by atoms with Crippen molar-refractivity contribution >= 4 is 29.4 Å². The molecule has 1 aliphatic heterocycles. The molecule has 1 fully saturated rings. The van der Waals surface area contributed by atoms with Crippen molar-refractivity contribution in [1.29, 1.82) is 0 Å². The predicted molar refractivity (Wildman–Crippen MR) is 112 cm³/mol. The summed E-state index contributed by atoms with van der Waals surface area (Å²) in [6.45, 7) is 0. The summed E-state index contributed by atoms with van der Waals surface area (Å²) in [5.41, 5.74) is 3.05. The molecule has 2 aromatic carbocycles. The van der Waals surface area contributed by atoms with Crippen LogP contribution in [0.3, 0.4) is 0 Å². The Morgan fingerprint density at radius 2 is 1.50 bits per heavy atom. The molecule has 0 bridgehead atoms. The van der Waals surface area contributed by atoms with Crippen LogP contribution in [-0.4, -0.2) is 51.5 Å². The molecular formula is C22H19ClN4O3. The van der Waals surface area contributed by atoms with Crippen LogP contribution >= 0.6 is 11.6 Å². The van der Waals surface area contributed by atoms with Crippen molar-refractivity contribution < 1.29 is 14.4 Å². The maximum absolute atomic E-state index is 12.7. The molecule has 0 saturated carbocycles. The Balaban J connectivity index is 1.77. The third kappa shape index (κ3) is 3.48. The first kappa shape index (κ1) is 19.8. The Bertz CT molecular complexity index is 1100. The number of carbonyl (C=O) groups is 3. The summed E-state index contributed by atoms with van der Waals surface area (Å²) in [5, 5.41) is 5.31. The zero-order chi connectivity index (χ0) is 21.4. The molecule has 1 saturated heterocycles. The standard InChI is InChI=1S/C22H19ClN4O3/c1-25-20(28)18(21(29)26(2)22(25)30)12-15-13-27(17-6-4-3-5-7-17)24-19(15)14-8-10-16(23)11-9-14/h3-11,13,18H,12H2,1-2H3. The van der Waals surface area contributed by atoms with E-state index in [9.17, 15) is 14.4 Å². The number of carbonyl (C=O) groups excluding carboxylic acids is 3. The van der Waals surface area contributed by atoms with Crippen LogP contribution in [0, 0.1) is 5.92 Å². The highest BCUT2D eigenvalue weighted by Gasteiger charge is 2.42.